The van der Waals surface area contributed by atoms with Gasteiger partial charge in [0.2, 0.25) is 11.8 Å². The summed E-state index contributed by atoms with van der Waals surface area (Å²) in [5, 5.41) is 3.03. The highest BCUT2D eigenvalue weighted by atomic mass is 16.5. The lowest BCUT2D eigenvalue weighted by atomic mass is 9.99. The van der Waals surface area contributed by atoms with Crippen molar-refractivity contribution < 1.29 is 14.3 Å². The molecule has 1 aromatic heterocycles. The molecule has 0 aliphatic carbocycles. The zero-order valence-electron chi connectivity index (χ0n) is 20.9. The molecule has 3 aromatic rings. The zero-order valence-corrected chi connectivity index (χ0v) is 20.9. The standard InChI is InChI=1S/C28H33N5O3/c1-20-12-15-32(16-13-20)27-30-25-14-17-33(28(34)29-18-21-6-4-3-5-7-21)19-24(25)26(31-27)36-23-10-8-22(35-2)9-11-23/h3-11,20H,12-19H2,1-2H3,(H,29,34). The van der Waals surface area contributed by atoms with E-state index in [2.05, 4.69) is 17.1 Å². The molecular weight excluding hydrogens is 454 g/mol. The first kappa shape index (κ1) is 23.9. The average Bonchev–Trinajstić information content (AvgIpc) is 2.93. The van der Waals surface area contributed by atoms with Gasteiger partial charge in [-0.2, -0.15) is 4.98 Å². The summed E-state index contributed by atoms with van der Waals surface area (Å²) in [6.45, 7) is 5.66. The van der Waals surface area contributed by atoms with Gasteiger partial charge in [-0.1, -0.05) is 37.3 Å². The third-order valence-corrected chi connectivity index (χ3v) is 6.92. The molecule has 3 heterocycles. The molecule has 2 aliphatic rings. The Morgan fingerprint density at radius 2 is 1.72 bits per heavy atom. The van der Waals surface area contributed by atoms with Gasteiger partial charge in [-0.15, -0.1) is 0 Å². The van der Waals surface area contributed by atoms with Gasteiger partial charge in [-0.25, -0.2) is 9.78 Å². The SMILES string of the molecule is COc1ccc(Oc2nc(N3CCC(C)CC3)nc3c2CN(C(=O)NCc2ccccc2)CC3)cc1. The molecule has 188 valence electrons. The quantitative estimate of drug-likeness (QED) is 0.539. The molecule has 2 aliphatic heterocycles. The van der Waals surface area contributed by atoms with E-state index in [-0.39, 0.29) is 6.03 Å². The highest BCUT2D eigenvalue weighted by Crippen LogP contribution is 2.33. The molecule has 1 N–H and O–H groups in total. The average molecular weight is 488 g/mol. The summed E-state index contributed by atoms with van der Waals surface area (Å²) in [6, 6.07) is 17.3. The van der Waals surface area contributed by atoms with Crippen LogP contribution < -0.4 is 19.7 Å². The number of piperidine rings is 1. The number of fused-ring (bicyclic) bond motifs is 1. The molecule has 2 aromatic carbocycles. The van der Waals surface area contributed by atoms with E-state index in [1.54, 1.807) is 12.0 Å². The van der Waals surface area contributed by atoms with Gasteiger partial charge in [0, 0.05) is 32.6 Å². The molecule has 0 bridgehead atoms. The van der Waals surface area contributed by atoms with Crippen molar-refractivity contribution >= 4 is 12.0 Å². The molecule has 8 nitrogen and oxygen atoms in total. The molecule has 1 fully saturated rings. The number of aromatic nitrogens is 2. The summed E-state index contributed by atoms with van der Waals surface area (Å²) in [4.78, 5) is 26.8. The monoisotopic (exact) mass is 487 g/mol. The van der Waals surface area contributed by atoms with Crippen molar-refractivity contribution in [1.29, 1.82) is 0 Å². The van der Waals surface area contributed by atoms with E-state index < -0.39 is 0 Å². The Hall–Kier alpha value is -3.81. The van der Waals surface area contributed by atoms with Crippen LogP contribution in [0.25, 0.3) is 0 Å². The number of ether oxygens (including phenoxy) is 2. The van der Waals surface area contributed by atoms with Crippen LogP contribution in [0.2, 0.25) is 0 Å². The van der Waals surface area contributed by atoms with Crippen molar-refractivity contribution in [3.63, 3.8) is 0 Å². The third-order valence-electron chi connectivity index (χ3n) is 6.92. The maximum atomic E-state index is 13.0. The van der Waals surface area contributed by atoms with Crippen molar-refractivity contribution in [3.8, 4) is 17.4 Å². The Balaban J connectivity index is 1.38. The maximum absolute atomic E-state index is 13.0. The van der Waals surface area contributed by atoms with Crippen LogP contribution in [-0.4, -0.2) is 47.6 Å². The van der Waals surface area contributed by atoms with E-state index in [0.717, 1.165) is 54.4 Å². The van der Waals surface area contributed by atoms with Crippen molar-refractivity contribution in [2.45, 2.75) is 39.3 Å². The summed E-state index contributed by atoms with van der Waals surface area (Å²) in [6.07, 6.45) is 2.92. The number of nitrogens with one attached hydrogen (secondary N) is 1. The lowest BCUT2D eigenvalue weighted by molar-refractivity contribution is 0.190. The second kappa shape index (κ2) is 10.8. The fraction of sp³-hybridized carbons (Fsp3) is 0.393. The lowest BCUT2D eigenvalue weighted by Crippen LogP contribution is -2.43. The predicted molar refractivity (Wildman–Crippen MR) is 139 cm³/mol. The number of carbonyl (C=O) groups excluding carboxylic acids is 1. The van der Waals surface area contributed by atoms with Gasteiger partial charge in [0.1, 0.15) is 11.5 Å². The summed E-state index contributed by atoms with van der Waals surface area (Å²) >= 11 is 0. The summed E-state index contributed by atoms with van der Waals surface area (Å²) in [7, 11) is 1.64. The second-order valence-electron chi connectivity index (χ2n) is 9.52. The molecule has 0 unspecified atom stereocenters. The molecule has 8 heteroatoms. The Labute approximate surface area is 212 Å². The first-order chi connectivity index (χ1) is 17.6. The largest absolute Gasteiger partial charge is 0.497 e. The fourth-order valence-corrected chi connectivity index (χ4v) is 4.62. The van der Waals surface area contributed by atoms with E-state index in [1.165, 1.54) is 0 Å². The molecule has 0 radical (unpaired) electrons. The minimum Gasteiger partial charge on any atom is -0.497 e. The number of benzene rings is 2. The van der Waals surface area contributed by atoms with Gasteiger partial charge in [0.15, 0.2) is 0 Å². The van der Waals surface area contributed by atoms with Gasteiger partial charge in [0.05, 0.1) is 24.9 Å². The number of urea groups is 1. The van der Waals surface area contributed by atoms with E-state index in [1.807, 2.05) is 54.6 Å². The van der Waals surface area contributed by atoms with Crippen molar-refractivity contribution in [1.82, 2.24) is 20.2 Å². The highest BCUT2D eigenvalue weighted by molar-refractivity contribution is 5.74. The van der Waals surface area contributed by atoms with E-state index in [9.17, 15) is 4.79 Å². The van der Waals surface area contributed by atoms with Crippen LogP contribution in [-0.2, 0) is 19.5 Å². The van der Waals surface area contributed by atoms with Crippen LogP contribution in [0.5, 0.6) is 17.4 Å². The van der Waals surface area contributed by atoms with Gasteiger partial charge in [-0.05, 0) is 48.6 Å². The van der Waals surface area contributed by atoms with Crippen LogP contribution in [0, 0.1) is 5.92 Å². The summed E-state index contributed by atoms with van der Waals surface area (Å²) in [5.74, 6) is 3.37. The number of rotatable bonds is 6. The van der Waals surface area contributed by atoms with Crippen LogP contribution in [0.4, 0.5) is 10.7 Å². The number of carbonyl (C=O) groups is 1. The Bertz CT molecular complexity index is 1180. The first-order valence-electron chi connectivity index (χ1n) is 12.6. The Morgan fingerprint density at radius 3 is 2.44 bits per heavy atom. The first-order valence-corrected chi connectivity index (χ1v) is 12.6. The van der Waals surface area contributed by atoms with E-state index >= 15 is 0 Å². The number of nitrogens with zero attached hydrogens (tertiary/aromatic N) is 4. The topological polar surface area (TPSA) is 79.8 Å². The maximum Gasteiger partial charge on any atom is 0.317 e. The lowest BCUT2D eigenvalue weighted by Gasteiger charge is -2.33. The van der Waals surface area contributed by atoms with E-state index in [4.69, 9.17) is 19.4 Å². The predicted octanol–water partition coefficient (Wildman–Crippen LogP) is 4.78. The molecule has 2 amide bonds. The van der Waals surface area contributed by atoms with E-state index in [0.29, 0.717) is 43.6 Å². The zero-order chi connectivity index (χ0) is 24.9. The Morgan fingerprint density at radius 1 is 1.00 bits per heavy atom. The van der Waals surface area contributed by atoms with Crippen LogP contribution in [0.15, 0.2) is 54.6 Å². The van der Waals surface area contributed by atoms with Crippen molar-refractivity contribution in [2.75, 3.05) is 31.6 Å². The van der Waals surface area contributed by atoms with Crippen LogP contribution in [0.3, 0.4) is 0 Å². The van der Waals surface area contributed by atoms with Gasteiger partial charge >= 0.3 is 6.03 Å². The highest BCUT2D eigenvalue weighted by Gasteiger charge is 2.28. The summed E-state index contributed by atoms with van der Waals surface area (Å²) in [5.41, 5.74) is 2.88. The van der Waals surface area contributed by atoms with Crippen LogP contribution >= 0.6 is 0 Å². The molecular formula is C28H33N5O3. The fourth-order valence-electron chi connectivity index (χ4n) is 4.62. The minimum absolute atomic E-state index is 0.103. The minimum atomic E-state index is -0.103. The number of hydrogen-bond acceptors (Lipinski definition) is 6. The molecule has 36 heavy (non-hydrogen) atoms. The molecule has 0 spiro atoms. The van der Waals surface area contributed by atoms with Gasteiger partial charge in [0.25, 0.3) is 0 Å². The molecule has 1 saturated heterocycles. The molecule has 5 rings (SSSR count). The number of hydrogen-bond donors (Lipinski definition) is 1. The van der Waals surface area contributed by atoms with Crippen molar-refractivity contribution in [3.05, 3.63) is 71.4 Å². The normalized spacial score (nSPS) is 15.8. The number of methoxy groups -OCH3 is 1. The van der Waals surface area contributed by atoms with Crippen molar-refractivity contribution in [2.24, 2.45) is 5.92 Å². The molecule has 0 atom stereocenters. The van der Waals surface area contributed by atoms with Crippen LogP contribution in [0.1, 0.15) is 36.6 Å². The molecule has 0 saturated carbocycles. The van der Waals surface area contributed by atoms with Gasteiger partial charge in [-0.3, -0.25) is 0 Å². The smallest absolute Gasteiger partial charge is 0.317 e. The Kier molecular flexibility index (Phi) is 7.21. The number of amides is 2. The summed E-state index contributed by atoms with van der Waals surface area (Å²) < 4.78 is 11.6. The number of anilines is 1. The second-order valence-corrected chi connectivity index (χ2v) is 9.52. The van der Waals surface area contributed by atoms with Gasteiger partial charge < -0.3 is 24.6 Å². The third kappa shape index (κ3) is 5.53.